The molecule has 1 aromatic carbocycles. The van der Waals surface area contributed by atoms with Crippen LogP contribution in [-0.4, -0.2) is 80.2 Å². The molecule has 1 atom stereocenters. The molecule has 29 heavy (non-hydrogen) atoms. The molecule has 3 heterocycles. The number of piperazine rings is 2. The first-order valence-corrected chi connectivity index (χ1v) is 10.3. The van der Waals surface area contributed by atoms with Crippen molar-refractivity contribution in [3.05, 3.63) is 54.2 Å². The second kappa shape index (κ2) is 9.24. The predicted octanol–water partition coefficient (Wildman–Crippen LogP) is 1.39. The van der Waals surface area contributed by atoms with Crippen LogP contribution in [-0.2, 0) is 4.79 Å². The Hall–Kier alpha value is -2.64. The zero-order valence-electron chi connectivity index (χ0n) is 17.0. The largest absolute Gasteiger partial charge is 0.496 e. The number of carbonyl (C=O) groups excluding carboxylic acids is 1. The Balaban J connectivity index is 1.38. The second-order valence-electron chi connectivity index (χ2n) is 7.50. The Morgan fingerprint density at radius 3 is 2.66 bits per heavy atom. The third-order valence-corrected chi connectivity index (χ3v) is 5.77. The first-order chi connectivity index (χ1) is 14.3. The number of hydrogen-bond acceptors (Lipinski definition) is 6. The van der Waals surface area contributed by atoms with E-state index in [1.807, 2.05) is 47.5 Å². The summed E-state index contributed by atoms with van der Waals surface area (Å²) >= 11 is 0. The van der Waals surface area contributed by atoms with Crippen molar-refractivity contribution in [3.63, 3.8) is 0 Å². The smallest absolute Gasteiger partial charge is 0.237 e. The van der Waals surface area contributed by atoms with E-state index in [2.05, 4.69) is 26.2 Å². The number of amides is 1. The van der Waals surface area contributed by atoms with E-state index in [0.717, 1.165) is 62.9 Å². The van der Waals surface area contributed by atoms with Crippen molar-refractivity contribution in [1.29, 1.82) is 0 Å². The Kier molecular flexibility index (Phi) is 6.27. The molecule has 1 unspecified atom stereocenters. The lowest BCUT2D eigenvalue weighted by atomic mass is 10.0. The average molecular weight is 396 g/mol. The van der Waals surface area contributed by atoms with Crippen LogP contribution in [0, 0.1) is 0 Å². The van der Waals surface area contributed by atoms with Gasteiger partial charge in [0.1, 0.15) is 11.6 Å². The summed E-state index contributed by atoms with van der Waals surface area (Å²) in [6.45, 7) is 6.27. The molecule has 0 saturated carbocycles. The highest BCUT2D eigenvalue weighted by Gasteiger charge is 2.31. The maximum absolute atomic E-state index is 13.2. The van der Waals surface area contributed by atoms with E-state index >= 15 is 0 Å². The normalized spacial score (nSPS) is 20.5. The van der Waals surface area contributed by atoms with Gasteiger partial charge in [0.2, 0.25) is 5.91 Å². The van der Waals surface area contributed by atoms with Crippen LogP contribution in [0.3, 0.4) is 0 Å². The number of carbonyl (C=O) groups is 1. The van der Waals surface area contributed by atoms with Crippen LogP contribution in [0.4, 0.5) is 5.82 Å². The summed E-state index contributed by atoms with van der Waals surface area (Å²) in [6, 6.07) is 14.0. The van der Waals surface area contributed by atoms with Gasteiger partial charge in [-0.3, -0.25) is 9.69 Å². The quantitative estimate of drug-likeness (QED) is 0.826. The minimum Gasteiger partial charge on any atom is -0.496 e. The summed E-state index contributed by atoms with van der Waals surface area (Å²) in [5.41, 5.74) is 1.07. The van der Waals surface area contributed by atoms with Crippen molar-refractivity contribution in [2.24, 2.45) is 0 Å². The van der Waals surface area contributed by atoms with Crippen LogP contribution in [0.2, 0.25) is 0 Å². The zero-order chi connectivity index (χ0) is 20.1. The van der Waals surface area contributed by atoms with E-state index in [4.69, 9.17) is 4.74 Å². The maximum atomic E-state index is 13.2. The third-order valence-electron chi connectivity index (χ3n) is 5.77. The SMILES string of the molecule is COc1ccccc1C1CNCCN1C(=O)CN1CCN(c2ccccn2)CC1. The van der Waals surface area contributed by atoms with Gasteiger partial charge in [0.25, 0.3) is 0 Å². The molecular weight excluding hydrogens is 366 g/mol. The fourth-order valence-electron chi connectivity index (χ4n) is 4.18. The number of methoxy groups -OCH3 is 1. The number of aromatic nitrogens is 1. The van der Waals surface area contributed by atoms with Gasteiger partial charge in [-0.25, -0.2) is 4.98 Å². The number of pyridine rings is 1. The number of hydrogen-bond donors (Lipinski definition) is 1. The Morgan fingerprint density at radius 2 is 1.90 bits per heavy atom. The van der Waals surface area contributed by atoms with Crippen LogP contribution < -0.4 is 15.0 Å². The summed E-state index contributed by atoms with van der Waals surface area (Å²) in [6.07, 6.45) is 1.83. The van der Waals surface area contributed by atoms with Crippen molar-refractivity contribution >= 4 is 11.7 Å². The van der Waals surface area contributed by atoms with Gasteiger partial charge in [-0.2, -0.15) is 0 Å². The van der Waals surface area contributed by atoms with Crippen LogP contribution in [0.15, 0.2) is 48.7 Å². The minimum atomic E-state index is 0.00204. The first-order valence-electron chi connectivity index (χ1n) is 10.3. The molecule has 7 nitrogen and oxygen atoms in total. The summed E-state index contributed by atoms with van der Waals surface area (Å²) in [7, 11) is 1.68. The molecular formula is C22H29N5O2. The van der Waals surface area contributed by atoms with Gasteiger partial charge < -0.3 is 19.9 Å². The van der Waals surface area contributed by atoms with Gasteiger partial charge in [0, 0.05) is 57.6 Å². The van der Waals surface area contributed by atoms with E-state index in [0.29, 0.717) is 6.54 Å². The van der Waals surface area contributed by atoms with Crippen LogP contribution >= 0.6 is 0 Å². The molecule has 2 aliphatic heterocycles. The van der Waals surface area contributed by atoms with Crippen molar-refractivity contribution in [2.75, 3.05) is 64.4 Å². The lowest BCUT2D eigenvalue weighted by molar-refractivity contribution is -0.135. The molecule has 2 fully saturated rings. The van der Waals surface area contributed by atoms with E-state index < -0.39 is 0 Å². The topological polar surface area (TPSA) is 60.9 Å². The number of nitrogens with one attached hydrogen (secondary N) is 1. The molecule has 0 aliphatic carbocycles. The van der Waals surface area contributed by atoms with Crippen LogP contribution in [0.5, 0.6) is 5.75 Å². The van der Waals surface area contributed by atoms with Gasteiger partial charge in [0.05, 0.1) is 19.7 Å². The number of ether oxygens (including phenoxy) is 1. The van der Waals surface area contributed by atoms with Crippen molar-refractivity contribution in [1.82, 2.24) is 20.1 Å². The number of benzene rings is 1. The molecule has 1 aromatic heterocycles. The van der Waals surface area contributed by atoms with Gasteiger partial charge in [-0.15, -0.1) is 0 Å². The molecule has 1 N–H and O–H groups in total. The molecule has 4 rings (SSSR count). The van der Waals surface area contributed by atoms with E-state index in [1.165, 1.54) is 0 Å². The molecule has 7 heteroatoms. The Bertz CT molecular complexity index is 808. The van der Waals surface area contributed by atoms with Crippen molar-refractivity contribution in [2.45, 2.75) is 6.04 Å². The molecule has 1 amide bonds. The number of nitrogens with zero attached hydrogens (tertiary/aromatic N) is 4. The molecule has 154 valence electrons. The summed E-state index contributed by atoms with van der Waals surface area (Å²) in [4.78, 5) is 24.2. The fraction of sp³-hybridized carbons (Fsp3) is 0.455. The van der Waals surface area contributed by atoms with Gasteiger partial charge in [0.15, 0.2) is 0 Å². The zero-order valence-corrected chi connectivity index (χ0v) is 17.0. The summed E-state index contributed by atoms with van der Waals surface area (Å²) < 4.78 is 5.54. The lowest BCUT2D eigenvalue weighted by Gasteiger charge is -2.40. The second-order valence-corrected chi connectivity index (χ2v) is 7.50. The van der Waals surface area contributed by atoms with Crippen molar-refractivity contribution in [3.8, 4) is 5.75 Å². The fourth-order valence-corrected chi connectivity index (χ4v) is 4.18. The van der Waals surface area contributed by atoms with E-state index in [1.54, 1.807) is 7.11 Å². The molecule has 0 spiro atoms. The monoisotopic (exact) mass is 395 g/mol. The maximum Gasteiger partial charge on any atom is 0.237 e. The van der Waals surface area contributed by atoms with Crippen molar-refractivity contribution < 1.29 is 9.53 Å². The lowest BCUT2D eigenvalue weighted by Crippen LogP contribution is -2.54. The Morgan fingerprint density at radius 1 is 1.10 bits per heavy atom. The summed E-state index contributed by atoms with van der Waals surface area (Å²) in [5.74, 6) is 2.04. The van der Waals surface area contributed by atoms with Crippen LogP contribution in [0.25, 0.3) is 0 Å². The van der Waals surface area contributed by atoms with Gasteiger partial charge in [-0.1, -0.05) is 24.3 Å². The standard InChI is InChI=1S/C22H29N5O2/c1-29-20-7-3-2-6-18(20)19-16-23-10-11-27(19)22(28)17-25-12-14-26(15-13-25)21-8-4-5-9-24-21/h2-9,19,23H,10-17H2,1H3. The highest BCUT2D eigenvalue weighted by molar-refractivity contribution is 5.79. The molecule has 2 aromatic rings. The number of para-hydroxylation sites is 1. The van der Waals surface area contributed by atoms with E-state index in [-0.39, 0.29) is 11.9 Å². The molecule has 2 aliphatic rings. The third kappa shape index (κ3) is 4.52. The number of rotatable bonds is 5. The highest BCUT2D eigenvalue weighted by atomic mass is 16.5. The van der Waals surface area contributed by atoms with Gasteiger partial charge in [-0.05, 0) is 18.2 Å². The van der Waals surface area contributed by atoms with Gasteiger partial charge >= 0.3 is 0 Å². The predicted molar refractivity (Wildman–Crippen MR) is 113 cm³/mol. The molecule has 2 saturated heterocycles. The molecule has 0 bridgehead atoms. The van der Waals surface area contributed by atoms with E-state index in [9.17, 15) is 4.79 Å². The Labute approximate surface area is 172 Å². The highest BCUT2D eigenvalue weighted by Crippen LogP contribution is 2.30. The average Bonchev–Trinajstić information content (AvgIpc) is 2.80. The van der Waals surface area contributed by atoms with Crippen LogP contribution in [0.1, 0.15) is 11.6 Å². The number of anilines is 1. The molecule has 0 radical (unpaired) electrons. The summed E-state index contributed by atoms with van der Waals surface area (Å²) in [5, 5.41) is 3.42. The first kappa shape index (κ1) is 19.7. The minimum absolute atomic E-state index is 0.00204.